The van der Waals surface area contributed by atoms with E-state index in [1.165, 1.54) is 24.8 Å². The van der Waals surface area contributed by atoms with Crippen LogP contribution in [0.4, 0.5) is 0 Å². The fourth-order valence-corrected chi connectivity index (χ4v) is 1.68. The zero-order chi connectivity index (χ0) is 4.85. The highest BCUT2D eigenvalue weighted by atomic mass is 14.5. The lowest BCUT2D eigenvalue weighted by atomic mass is 9.57. The van der Waals surface area contributed by atoms with Crippen molar-refractivity contribution in [2.45, 2.75) is 19.3 Å². The molecule has 0 aliphatic heterocycles. The molecule has 2 atom stereocenters. The Hall–Kier alpha value is -0.260. The SMILES string of the molecule is C=C1CC2CCC12. The van der Waals surface area contributed by atoms with Gasteiger partial charge in [-0.15, -0.1) is 0 Å². The van der Waals surface area contributed by atoms with Crippen molar-refractivity contribution < 1.29 is 0 Å². The van der Waals surface area contributed by atoms with Gasteiger partial charge in [-0.2, -0.15) is 0 Å². The topological polar surface area (TPSA) is 0 Å². The Morgan fingerprint density at radius 2 is 2.29 bits per heavy atom. The van der Waals surface area contributed by atoms with Gasteiger partial charge >= 0.3 is 0 Å². The van der Waals surface area contributed by atoms with E-state index in [2.05, 4.69) is 6.58 Å². The maximum atomic E-state index is 3.94. The Kier molecular flexibility index (Phi) is 0.495. The van der Waals surface area contributed by atoms with Crippen molar-refractivity contribution in [2.24, 2.45) is 11.8 Å². The molecule has 0 aromatic heterocycles. The van der Waals surface area contributed by atoms with Crippen molar-refractivity contribution in [3.05, 3.63) is 12.2 Å². The van der Waals surface area contributed by atoms with Crippen molar-refractivity contribution >= 4 is 0 Å². The number of allylic oxidation sites excluding steroid dienone is 1. The minimum Gasteiger partial charge on any atom is -0.0996 e. The summed E-state index contributed by atoms with van der Waals surface area (Å²) in [6.07, 6.45) is 4.29. The predicted octanol–water partition coefficient (Wildman–Crippen LogP) is 1.97. The zero-order valence-electron chi connectivity index (χ0n) is 4.48. The highest BCUT2D eigenvalue weighted by Crippen LogP contribution is 2.52. The zero-order valence-corrected chi connectivity index (χ0v) is 4.48. The molecule has 2 fully saturated rings. The summed E-state index contributed by atoms with van der Waals surface area (Å²) in [6.45, 7) is 3.94. The molecule has 0 aromatic rings. The molecule has 7 heavy (non-hydrogen) atoms. The second kappa shape index (κ2) is 0.936. The van der Waals surface area contributed by atoms with Crippen LogP contribution >= 0.6 is 0 Å². The van der Waals surface area contributed by atoms with E-state index in [0.717, 1.165) is 11.8 Å². The molecule has 0 heterocycles. The van der Waals surface area contributed by atoms with Crippen LogP contribution in [0.3, 0.4) is 0 Å². The van der Waals surface area contributed by atoms with Crippen LogP contribution in [0.2, 0.25) is 0 Å². The molecular weight excluding hydrogens is 84.1 g/mol. The molecule has 2 aliphatic carbocycles. The Balaban J connectivity index is 2.11. The van der Waals surface area contributed by atoms with Crippen molar-refractivity contribution in [3.63, 3.8) is 0 Å². The quantitative estimate of drug-likeness (QED) is 0.402. The third-order valence-electron chi connectivity index (χ3n) is 2.47. The number of fused-ring (bicyclic) bond motifs is 1. The van der Waals surface area contributed by atoms with Gasteiger partial charge in [-0.05, 0) is 31.1 Å². The Morgan fingerprint density at radius 1 is 1.43 bits per heavy atom. The minimum atomic E-state index is 0.986. The summed E-state index contributed by atoms with van der Waals surface area (Å²) in [5.74, 6) is 2.08. The standard InChI is InChI=1S/C7H10/c1-5-4-6-2-3-7(5)6/h6-7H,1-4H2. The van der Waals surface area contributed by atoms with Gasteiger partial charge < -0.3 is 0 Å². The summed E-state index contributed by atoms with van der Waals surface area (Å²) in [4.78, 5) is 0. The molecule has 0 N–H and O–H groups in total. The molecule has 2 unspecified atom stereocenters. The molecule has 0 saturated heterocycles. The Morgan fingerprint density at radius 3 is 2.29 bits per heavy atom. The predicted molar refractivity (Wildman–Crippen MR) is 30.0 cm³/mol. The van der Waals surface area contributed by atoms with Gasteiger partial charge in [0.1, 0.15) is 0 Å². The first-order chi connectivity index (χ1) is 3.38. The normalized spacial score (nSPS) is 46.6. The van der Waals surface area contributed by atoms with Crippen LogP contribution in [0.1, 0.15) is 19.3 Å². The van der Waals surface area contributed by atoms with Crippen LogP contribution in [0.25, 0.3) is 0 Å². The van der Waals surface area contributed by atoms with Gasteiger partial charge in [-0.3, -0.25) is 0 Å². The van der Waals surface area contributed by atoms with Gasteiger partial charge in [-0.1, -0.05) is 12.2 Å². The van der Waals surface area contributed by atoms with Gasteiger partial charge in [0, 0.05) is 0 Å². The smallest absolute Gasteiger partial charge is 0.0174 e. The third kappa shape index (κ3) is 0.287. The molecule has 0 spiro atoms. The van der Waals surface area contributed by atoms with Crippen LogP contribution in [-0.2, 0) is 0 Å². The Bertz CT molecular complexity index is 113. The lowest BCUT2D eigenvalue weighted by Crippen LogP contribution is -2.37. The molecule has 0 nitrogen and oxygen atoms in total. The molecule has 2 aliphatic rings. The monoisotopic (exact) mass is 94.1 g/mol. The summed E-state index contributed by atoms with van der Waals surface area (Å²) in [7, 11) is 0. The first-order valence-corrected chi connectivity index (χ1v) is 3.05. The number of hydrogen-bond donors (Lipinski definition) is 0. The number of hydrogen-bond acceptors (Lipinski definition) is 0. The van der Waals surface area contributed by atoms with Crippen LogP contribution < -0.4 is 0 Å². The summed E-state index contributed by atoms with van der Waals surface area (Å²) >= 11 is 0. The van der Waals surface area contributed by atoms with Gasteiger partial charge in [-0.25, -0.2) is 0 Å². The van der Waals surface area contributed by atoms with E-state index >= 15 is 0 Å². The van der Waals surface area contributed by atoms with Crippen molar-refractivity contribution in [1.82, 2.24) is 0 Å². The van der Waals surface area contributed by atoms with Gasteiger partial charge in [0.05, 0.1) is 0 Å². The molecule has 0 heteroatoms. The number of rotatable bonds is 0. The molecule has 0 bridgehead atoms. The first kappa shape index (κ1) is 3.71. The second-order valence-corrected chi connectivity index (χ2v) is 2.81. The molecule has 2 saturated carbocycles. The van der Waals surface area contributed by atoms with Crippen LogP contribution in [0.15, 0.2) is 12.2 Å². The van der Waals surface area contributed by atoms with Gasteiger partial charge in [0.2, 0.25) is 0 Å². The molecular formula is C7H10. The maximum Gasteiger partial charge on any atom is -0.0174 e. The lowest BCUT2D eigenvalue weighted by Gasteiger charge is -2.48. The molecule has 2 rings (SSSR count). The van der Waals surface area contributed by atoms with Crippen LogP contribution in [-0.4, -0.2) is 0 Å². The van der Waals surface area contributed by atoms with E-state index < -0.39 is 0 Å². The highest BCUT2D eigenvalue weighted by Gasteiger charge is 2.41. The van der Waals surface area contributed by atoms with Crippen molar-refractivity contribution in [2.75, 3.05) is 0 Å². The van der Waals surface area contributed by atoms with E-state index in [0.29, 0.717) is 0 Å². The average molecular weight is 94.2 g/mol. The van der Waals surface area contributed by atoms with E-state index in [1.807, 2.05) is 0 Å². The van der Waals surface area contributed by atoms with E-state index in [-0.39, 0.29) is 0 Å². The summed E-state index contributed by atoms with van der Waals surface area (Å²) < 4.78 is 0. The largest absolute Gasteiger partial charge is 0.0996 e. The van der Waals surface area contributed by atoms with Gasteiger partial charge in [0.25, 0.3) is 0 Å². The molecule has 0 radical (unpaired) electrons. The van der Waals surface area contributed by atoms with Crippen molar-refractivity contribution in [3.8, 4) is 0 Å². The molecule has 38 valence electrons. The van der Waals surface area contributed by atoms with E-state index in [4.69, 9.17) is 0 Å². The second-order valence-electron chi connectivity index (χ2n) is 2.81. The fraction of sp³-hybridized carbons (Fsp3) is 0.714. The summed E-state index contributed by atoms with van der Waals surface area (Å²) in [5.41, 5.74) is 1.52. The van der Waals surface area contributed by atoms with E-state index in [9.17, 15) is 0 Å². The van der Waals surface area contributed by atoms with Gasteiger partial charge in [0.15, 0.2) is 0 Å². The van der Waals surface area contributed by atoms with E-state index in [1.54, 1.807) is 0 Å². The average Bonchev–Trinajstić information content (AvgIpc) is 1.59. The highest BCUT2D eigenvalue weighted by molar-refractivity contribution is 5.18. The summed E-state index contributed by atoms with van der Waals surface area (Å²) in [6, 6.07) is 0. The maximum absolute atomic E-state index is 3.94. The van der Waals surface area contributed by atoms with Crippen LogP contribution in [0, 0.1) is 11.8 Å². The molecule has 0 aromatic carbocycles. The first-order valence-electron chi connectivity index (χ1n) is 3.05. The minimum absolute atomic E-state index is 0.986. The summed E-state index contributed by atoms with van der Waals surface area (Å²) in [5, 5.41) is 0. The lowest BCUT2D eigenvalue weighted by molar-refractivity contribution is 0.133. The Labute approximate surface area is 44.2 Å². The third-order valence-corrected chi connectivity index (χ3v) is 2.47. The molecule has 0 amide bonds. The fourth-order valence-electron chi connectivity index (χ4n) is 1.68. The van der Waals surface area contributed by atoms with Crippen molar-refractivity contribution in [1.29, 1.82) is 0 Å². The van der Waals surface area contributed by atoms with Crippen LogP contribution in [0.5, 0.6) is 0 Å².